The van der Waals surface area contributed by atoms with Gasteiger partial charge in [-0.2, -0.15) is 0 Å². The molecule has 0 amide bonds. The van der Waals surface area contributed by atoms with Crippen molar-refractivity contribution in [1.82, 2.24) is 4.98 Å². The Kier molecular flexibility index (Phi) is 5.21. The van der Waals surface area contributed by atoms with Crippen LogP contribution < -0.4 is 0 Å². The first-order valence-corrected chi connectivity index (χ1v) is 9.32. The predicted octanol–water partition coefficient (Wildman–Crippen LogP) is 5.03. The van der Waals surface area contributed by atoms with E-state index in [1.807, 2.05) is 0 Å². The van der Waals surface area contributed by atoms with Crippen LogP contribution in [0.1, 0.15) is 21.8 Å². The van der Waals surface area contributed by atoms with Crippen LogP contribution in [0.2, 0.25) is 0 Å². The molecule has 0 bridgehead atoms. The molecular weight excluding hydrogens is 386 g/mol. The number of nitrogens with zero attached hydrogens (tertiary/aromatic N) is 1. The first-order chi connectivity index (χ1) is 9.11. The fraction of sp³-hybridized carbons (Fsp3) is 0.400. The standard InChI is InChI=1S/C15H17Br2NS/c1-11-5-3-4-6-13(11)15(9-16,10-17)7-14-18-12(2)8-19-14/h3-6,8H,7,9-10H2,1-2H3. The van der Waals surface area contributed by atoms with E-state index in [9.17, 15) is 0 Å². The first kappa shape index (κ1) is 15.2. The monoisotopic (exact) mass is 401 g/mol. The molecule has 0 unspecified atom stereocenters. The lowest BCUT2D eigenvalue weighted by atomic mass is 9.79. The van der Waals surface area contributed by atoms with Gasteiger partial charge in [-0.3, -0.25) is 0 Å². The number of thiazole rings is 1. The summed E-state index contributed by atoms with van der Waals surface area (Å²) >= 11 is 9.19. The fourth-order valence-corrected chi connectivity index (χ4v) is 5.16. The van der Waals surface area contributed by atoms with E-state index in [-0.39, 0.29) is 5.41 Å². The van der Waals surface area contributed by atoms with Crippen LogP contribution in [0, 0.1) is 13.8 Å². The average Bonchev–Trinajstić information content (AvgIpc) is 2.82. The SMILES string of the molecule is Cc1csc(CC(CBr)(CBr)c2ccccc2C)n1. The molecule has 0 saturated carbocycles. The number of hydrogen-bond donors (Lipinski definition) is 0. The van der Waals surface area contributed by atoms with Crippen LogP contribution in [-0.4, -0.2) is 15.6 Å². The van der Waals surface area contributed by atoms with Crippen molar-refractivity contribution < 1.29 is 0 Å². The van der Waals surface area contributed by atoms with Gasteiger partial charge >= 0.3 is 0 Å². The Balaban J connectivity index is 2.40. The van der Waals surface area contributed by atoms with E-state index in [4.69, 9.17) is 0 Å². The molecule has 1 aromatic heterocycles. The Morgan fingerprint density at radius 1 is 1.16 bits per heavy atom. The minimum absolute atomic E-state index is 0.0651. The van der Waals surface area contributed by atoms with Gasteiger partial charge in [0.2, 0.25) is 0 Å². The van der Waals surface area contributed by atoms with Gasteiger partial charge < -0.3 is 0 Å². The molecule has 1 aromatic carbocycles. The lowest BCUT2D eigenvalue weighted by Gasteiger charge is -2.31. The van der Waals surface area contributed by atoms with Gasteiger partial charge in [0.15, 0.2) is 0 Å². The lowest BCUT2D eigenvalue weighted by Crippen LogP contribution is -2.33. The quantitative estimate of drug-likeness (QED) is 0.639. The third-order valence-corrected chi connectivity index (χ3v) is 6.50. The number of hydrogen-bond acceptors (Lipinski definition) is 2. The zero-order chi connectivity index (χ0) is 13.9. The molecule has 0 aliphatic rings. The van der Waals surface area contributed by atoms with Crippen LogP contribution in [0.3, 0.4) is 0 Å². The highest BCUT2D eigenvalue weighted by atomic mass is 79.9. The van der Waals surface area contributed by atoms with Crippen LogP contribution in [0.25, 0.3) is 0 Å². The molecule has 19 heavy (non-hydrogen) atoms. The zero-order valence-corrected chi connectivity index (χ0v) is 15.1. The molecular formula is C15H17Br2NS. The Hall–Kier alpha value is -0.190. The molecule has 0 aliphatic carbocycles. The highest BCUT2D eigenvalue weighted by molar-refractivity contribution is 9.09. The summed E-state index contributed by atoms with van der Waals surface area (Å²) in [6.07, 6.45) is 0.965. The first-order valence-electron chi connectivity index (χ1n) is 6.20. The molecule has 1 nitrogen and oxygen atoms in total. The minimum atomic E-state index is 0.0651. The van der Waals surface area contributed by atoms with E-state index in [2.05, 4.69) is 80.3 Å². The van der Waals surface area contributed by atoms with Crippen molar-refractivity contribution in [3.05, 3.63) is 51.5 Å². The van der Waals surface area contributed by atoms with Crippen molar-refractivity contribution >= 4 is 43.2 Å². The Labute approximate surface area is 135 Å². The van der Waals surface area contributed by atoms with Crippen molar-refractivity contribution in [2.24, 2.45) is 0 Å². The van der Waals surface area contributed by atoms with Gasteiger partial charge in [-0.1, -0.05) is 56.1 Å². The van der Waals surface area contributed by atoms with Gasteiger partial charge in [-0.25, -0.2) is 4.98 Å². The third kappa shape index (κ3) is 3.29. The van der Waals surface area contributed by atoms with Gasteiger partial charge in [-0.05, 0) is 25.0 Å². The van der Waals surface area contributed by atoms with E-state index in [0.717, 1.165) is 22.8 Å². The molecule has 0 aliphatic heterocycles. The number of aromatic nitrogens is 1. The third-order valence-electron chi connectivity index (χ3n) is 3.38. The molecule has 2 aromatic rings. The van der Waals surface area contributed by atoms with E-state index < -0.39 is 0 Å². The molecule has 4 heteroatoms. The summed E-state index contributed by atoms with van der Waals surface area (Å²) in [5.74, 6) is 0. The molecule has 102 valence electrons. The number of alkyl halides is 2. The second-order valence-electron chi connectivity index (χ2n) is 4.92. The molecule has 1 heterocycles. The normalized spacial score (nSPS) is 11.8. The Morgan fingerprint density at radius 3 is 2.37 bits per heavy atom. The largest absolute Gasteiger partial charge is 0.247 e. The summed E-state index contributed by atoms with van der Waals surface area (Å²) in [6, 6.07) is 8.63. The second-order valence-corrected chi connectivity index (χ2v) is 6.99. The minimum Gasteiger partial charge on any atom is -0.247 e. The maximum absolute atomic E-state index is 4.62. The second kappa shape index (κ2) is 6.51. The summed E-state index contributed by atoms with van der Waals surface area (Å²) < 4.78 is 0. The highest BCUT2D eigenvalue weighted by Crippen LogP contribution is 2.35. The number of rotatable bonds is 5. The maximum atomic E-state index is 4.62. The number of halogens is 2. The zero-order valence-electron chi connectivity index (χ0n) is 11.1. The van der Waals surface area contributed by atoms with Gasteiger partial charge in [0.25, 0.3) is 0 Å². The predicted molar refractivity (Wildman–Crippen MR) is 91.0 cm³/mol. The van der Waals surface area contributed by atoms with E-state index in [0.29, 0.717) is 0 Å². The van der Waals surface area contributed by atoms with Gasteiger partial charge in [0, 0.05) is 33.6 Å². The summed E-state index contributed by atoms with van der Waals surface area (Å²) in [5, 5.41) is 5.18. The van der Waals surface area contributed by atoms with E-state index in [1.165, 1.54) is 16.1 Å². The van der Waals surface area contributed by atoms with Crippen LogP contribution >= 0.6 is 43.2 Å². The summed E-state index contributed by atoms with van der Waals surface area (Å²) in [6.45, 7) is 4.24. The molecule has 0 atom stereocenters. The maximum Gasteiger partial charge on any atom is 0.0937 e. The topological polar surface area (TPSA) is 12.9 Å². The summed E-state index contributed by atoms with van der Waals surface area (Å²) in [7, 11) is 0. The van der Waals surface area contributed by atoms with Crippen molar-refractivity contribution in [2.45, 2.75) is 25.7 Å². The molecule has 0 spiro atoms. The number of aryl methyl sites for hydroxylation is 2. The van der Waals surface area contributed by atoms with Crippen molar-refractivity contribution in [2.75, 3.05) is 10.7 Å². The molecule has 0 N–H and O–H groups in total. The van der Waals surface area contributed by atoms with Crippen LogP contribution in [-0.2, 0) is 11.8 Å². The van der Waals surface area contributed by atoms with Gasteiger partial charge in [0.05, 0.1) is 5.01 Å². The summed E-state index contributed by atoms with van der Waals surface area (Å²) in [5.41, 5.74) is 3.92. The smallest absolute Gasteiger partial charge is 0.0937 e. The summed E-state index contributed by atoms with van der Waals surface area (Å²) in [4.78, 5) is 4.62. The highest BCUT2D eigenvalue weighted by Gasteiger charge is 2.32. The molecule has 2 rings (SSSR count). The van der Waals surface area contributed by atoms with Crippen molar-refractivity contribution in [3.63, 3.8) is 0 Å². The lowest BCUT2D eigenvalue weighted by molar-refractivity contribution is 0.545. The average molecular weight is 403 g/mol. The van der Waals surface area contributed by atoms with Crippen molar-refractivity contribution in [3.8, 4) is 0 Å². The molecule has 0 saturated heterocycles. The van der Waals surface area contributed by atoms with Gasteiger partial charge in [0.1, 0.15) is 0 Å². The molecule has 0 fully saturated rings. The van der Waals surface area contributed by atoms with Crippen molar-refractivity contribution in [1.29, 1.82) is 0 Å². The number of benzene rings is 1. The van der Waals surface area contributed by atoms with Crippen LogP contribution in [0.5, 0.6) is 0 Å². The van der Waals surface area contributed by atoms with E-state index in [1.54, 1.807) is 11.3 Å². The Bertz CT molecular complexity index is 547. The van der Waals surface area contributed by atoms with Crippen LogP contribution in [0.15, 0.2) is 29.6 Å². The molecule has 0 radical (unpaired) electrons. The van der Waals surface area contributed by atoms with Crippen LogP contribution in [0.4, 0.5) is 0 Å². The van der Waals surface area contributed by atoms with Gasteiger partial charge in [-0.15, -0.1) is 11.3 Å². The Morgan fingerprint density at radius 2 is 1.84 bits per heavy atom. The van der Waals surface area contributed by atoms with E-state index >= 15 is 0 Å². The fourth-order valence-electron chi connectivity index (χ4n) is 2.31.